The first-order valence-corrected chi connectivity index (χ1v) is 7.57. The molecular formula is C14H20N2OS. The second kappa shape index (κ2) is 6.81. The first-order valence-electron chi connectivity index (χ1n) is 6.42. The Morgan fingerprint density at radius 1 is 1.39 bits per heavy atom. The van der Waals surface area contributed by atoms with E-state index < -0.39 is 0 Å². The molecule has 1 atom stereocenters. The summed E-state index contributed by atoms with van der Waals surface area (Å²) in [5.41, 5.74) is 6.79. The number of carbonyl (C=O) groups is 1. The molecule has 1 fully saturated rings. The van der Waals surface area contributed by atoms with Crippen LogP contribution in [0.2, 0.25) is 0 Å². The van der Waals surface area contributed by atoms with Gasteiger partial charge in [-0.3, -0.25) is 4.79 Å². The van der Waals surface area contributed by atoms with Crippen molar-refractivity contribution in [1.29, 1.82) is 0 Å². The van der Waals surface area contributed by atoms with E-state index in [-0.39, 0.29) is 11.8 Å². The Morgan fingerprint density at radius 3 is 2.78 bits per heavy atom. The van der Waals surface area contributed by atoms with Crippen molar-refractivity contribution < 1.29 is 4.79 Å². The van der Waals surface area contributed by atoms with E-state index in [2.05, 4.69) is 12.1 Å². The molecule has 1 heterocycles. The summed E-state index contributed by atoms with van der Waals surface area (Å²) >= 11 is 1.87. The predicted octanol–water partition coefficient (Wildman–Crippen LogP) is 1.73. The summed E-state index contributed by atoms with van der Waals surface area (Å²) in [6.45, 7) is 1.85. The lowest BCUT2D eigenvalue weighted by atomic mass is 10.1. The fraction of sp³-hybridized carbons (Fsp3) is 0.500. The van der Waals surface area contributed by atoms with Gasteiger partial charge in [0.15, 0.2) is 0 Å². The van der Waals surface area contributed by atoms with Gasteiger partial charge >= 0.3 is 0 Å². The number of carbonyl (C=O) groups excluding carboxylic acids is 1. The van der Waals surface area contributed by atoms with Crippen LogP contribution in [0.5, 0.6) is 0 Å². The van der Waals surface area contributed by atoms with E-state index in [1.165, 1.54) is 5.56 Å². The van der Waals surface area contributed by atoms with E-state index in [1.54, 1.807) is 0 Å². The van der Waals surface area contributed by atoms with Crippen LogP contribution in [0, 0.1) is 5.92 Å². The maximum Gasteiger partial charge on any atom is 0.226 e. The van der Waals surface area contributed by atoms with E-state index in [1.807, 2.05) is 34.9 Å². The number of rotatable bonds is 5. The first-order chi connectivity index (χ1) is 8.81. The largest absolute Gasteiger partial charge is 0.337 e. The summed E-state index contributed by atoms with van der Waals surface area (Å²) in [6.07, 6.45) is 1.01. The number of thioether (sulfide) groups is 1. The molecule has 18 heavy (non-hydrogen) atoms. The molecule has 0 aromatic heterocycles. The van der Waals surface area contributed by atoms with Crippen molar-refractivity contribution in [1.82, 2.24) is 4.90 Å². The van der Waals surface area contributed by atoms with Gasteiger partial charge in [-0.15, -0.1) is 0 Å². The van der Waals surface area contributed by atoms with Gasteiger partial charge in [0.1, 0.15) is 0 Å². The van der Waals surface area contributed by atoms with E-state index in [0.717, 1.165) is 17.9 Å². The highest BCUT2D eigenvalue weighted by molar-refractivity contribution is 7.99. The van der Waals surface area contributed by atoms with Crippen molar-refractivity contribution in [2.45, 2.75) is 13.0 Å². The highest BCUT2D eigenvalue weighted by atomic mass is 32.2. The molecule has 1 saturated heterocycles. The van der Waals surface area contributed by atoms with Crippen LogP contribution in [0.25, 0.3) is 0 Å². The molecule has 1 amide bonds. The van der Waals surface area contributed by atoms with Crippen LogP contribution in [-0.2, 0) is 11.3 Å². The smallest absolute Gasteiger partial charge is 0.226 e. The van der Waals surface area contributed by atoms with Gasteiger partial charge in [0.2, 0.25) is 5.91 Å². The van der Waals surface area contributed by atoms with Crippen molar-refractivity contribution >= 4 is 17.7 Å². The van der Waals surface area contributed by atoms with E-state index >= 15 is 0 Å². The van der Waals surface area contributed by atoms with Crippen molar-refractivity contribution in [2.24, 2.45) is 11.7 Å². The SMILES string of the molecule is NCCN(Cc1ccccc1)C(=O)C1CCSC1. The summed E-state index contributed by atoms with van der Waals surface area (Å²) in [6, 6.07) is 10.1. The van der Waals surface area contributed by atoms with Crippen molar-refractivity contribution in [2.75, 3.05) is 24.6 Å². The summed E-state index contributed by atoms with van der Waals surface area (Å²) in [5, 5.41) is 0. The van der Waals surface area contributed by atoms with Crippen LogP contribution in [0.3, 0.4) is 0 Å². The maximum absolute atomic E-state index is 12.4. The number of amides is 1. The third kappa shape index (κ3) is 3.50. The number of hydrogen-bond donors (Lipinski definition) is 1. The van der Waals surface area contributed by atoms with Gasteiger partial charge in [-0.05, 0) is 17.7 Å². The Bertz CT molecular complexity index is 377. The van der Waals surface area contributed by atoms with Crippen molar-refractivity contribution in [3.63, 3.8) is 0 Å². The van der Waals surface area contributed by atoms with Gasteiger partial charge in [0.05, 0.1) is 0 Å². The molecule has 98 valence electrons. The zero-order valence-electron chi connectivity index (χ0n) is 10.5. The van der Waals surface area contributed by atoms with E-state index in [4.69, 9.17) is 5.73 Å². The first kappa shape index (κ1) is 13.4. The monoisotopic (exact) mass is 264 g/mol. The molecule has 0 saturated carbocycles. The molecule has 1 aromatic rings. The maximum atomic E-state index is 12.4. The van der Waals surface area contributed by atoms with E-state index in [0.29, 0.717) is 19.6 Å². The lowest BCUT2D eigenvalue weighted by molar-refractivity contribution is -0.135. The molecule has 2 rings (SSSR count). The zero-order valence-corrected chi connectivity index (χ0v) is 11.4. The van der Waals surface area contributed by atoms with Gasteiger partial charge in [-0.2, -0.15) is 11.8 Å². The zero-order chi connectivity index (χ0) is 12.8. The van der Waals surface area contributed by atoms with Crippen LogP contribution in [0.15, 0.2) is 30.3 Å². The van der Waals surface area contributed by atoms with Crippen LogP contribution in [-0.4, -0.2) is 35.4 Å². The molecule has 0 spiro atoms. The highest BCUT2D eigenvalue weighted by Gasteiger charge is 2.27. The molecule has 1 aromatic carbocycles. The molecule has 0 radical (unpaired) electrons. The standard InChI is InChI=1S/C14H20N2OS/c15-7-8-16(10-12-4-2-1-3-5-12)14(17)13-6-9-18-11-13/h1-5,13H,6-11,15H2. The molecule has 1 aliphatic rings. The molecule has 4 heteroatoms. The highest BCUT2D eigenvalue weighted by Crippen LogP contribution is 2.25. The second-order valence-electron chi connectivity index (χ2n) is 4.59. The third-order valence-electron chi connectivity index (χ3n) is 3.21. The lowest BCUT2D eigenvalue weighted by Gasteiger charge is -2.25. The Labute approximate surface area is 113 Å². The summed E-state index contributed by atoms with van der Waals surface area (Å²) in [4.78, 5) is 14.3. The predicted molar refractivity (Wildman–Crippen MR) is 76.3 cm³/mol. The van der Waals surface area contributed by atoms with Gasteiger partial charge in [0, 0.05) is 31.3 Å². The molecule has 0 bridgehead atoms. The number of benzene rings is 1. The van der Waals surface area contributed by atoms with E-state index in [9.17, 15) is 4.79 Å². The molecule has 0 aliphatic carbocycles. The third-order valence-corrected chi connectivity index (χ3v) is 4.37. The summed E-state index contributed by atoms with van der Waals surface area (Å²) in [5.74, 6) is 2.55. The molecular weight excluding hydrogens is 244 g/mol. The Morgan fingerprint density at radius 2 is 2.17 bits per heavy atom. The summed E-state index contributed by atoms with van der Waals surface area (Å²) in [7, 11) is 0. The Kier molecular flexibility index (Phi) is 5.08. The lowest BCUT2D eigenvalue weighted by Crippen LogP contribution is -2.39. The number of hydrogen-bond acceptors (Lipinski definition) is 3. The van der Waals surface area contributed by atoms with Crippen LogP contribution in [0.1, 0.15) is 12.0 Å². The van der Waals surface area contributed by atoms with Gasteiger partial charge in [-0.1, -0.05) is 30.3 Å². The van der Waals surface area contributed by atoms with Crippen molar-refractivity contribution in [3.8, 4) is 0 Å². The molecule has 1 unspecified atom stereocenters. The average Bonchev–Trinajstić information content (AvgIpc) is 2.92. The van der Waals surface area contributed by atoms with Gasteiger partial charge in [0.25, 0.3) is 0 Å². The molecule has 3 nitrogen and oxygen atoms in total. The van der Waals surface area contributed by atoms with Gasteiger partial charge in [-0.25, -0.2) is 0 Å². The Balaban J connectivity index is 2.00. The number of nitrogens with two attached hydrogens (primary N) is 1. The minimum atomic E-state index is 0.199. The van der Waals surface area contributed by atoms with Gasteiger partial charge < -0.3 is 10.6 Å². The van der Waals surface area contributed by atoms with Crippen LogP contribution in [0.4, 0.5) is 0 Å². The molecule has 1 aliphatic heterocycles. The topological polar surface area (TPSA) is 46.3 Å². The molecule has 2 N–H and O–H groups in total. The van der Waals surface area contributed by atoms with Crippen LogP contribution < -0.4 is 5.73 Å². The normalized spacial score (nSPS) is 18.8. The fourth-order valence-corrected chi connectivity index (χ4v) is 3.43. The minimum Gasteiger partial charge on any atom is -0.337 e. The number of nitrogens with zero attached hydrogens (tertiary/aromatic N) is 1. The van der Waals surface area contributed by atoms with Crippen LogP contribution >= 0.6 is 11.8 Å². The average molecular weight is 264 g/mol. The van der Waals surface area contributed by atoms with Crippen molar-refractivity contribution in [3.05, 3.63) is 35.9 Å². The summed E-state index contributed by atoms with van der Waals surface area (Å²) < 4.78 is 0. The quantitative estimate of drug-likeness (QED) is 0.881. The second-order valence-corrected chi connectivity index (χ2v) is 5.74. The fourth-order valence-electron chi connectivity index (χ4n) is 2.21. The minimum absolute atomic E-state index is 0.199. The Hall–Kier alpha value is -1.000.